The van der Waals surface area contributed by atoms with Crippen LogP contribution in [-0.2, 0) is 0 Å². The number of nitrogens with one attached hydrogen (secondary N) is 1. The molecule has 0 aromatic heterocycles. The van der Waals surface area contributed by atoms with Gasteiger partial charge in [-0.1, -0.05) is 12.1 Å². The molecule has 1 N–H and O–H groups in total. The zero-order valence-electron chi connectivity index (χ0n) is 10.6. The molecule has 1 unspecified atom stereocenters. The maximum atomic E-state index is 4.86. The van der Waals surface area contributed by atoms with E-state index in [1.807, 2.05) is 23.5 Å². The third kappa shape index (κ3) is 2.76. The Kier molecular flexibility index (Phi) is 3.97. The first-order valence-electron chi connectivity index (χ1n) is 6.54. The van der Waals surface area contributed by atoms with Crippen LogP contribution in [-0.4, -0.2) is 28.6 Å². The number of para-hydroxylation sites is 1. The number of hydrogen-bond donors (Lipinski definition) is 1. The lowest BCUT2D eigenvalue weighted by Crippen LogP contribution is -2.30. The Morgan fingerprint density at radius 3 is 2.89 bits per heavy atom. The van der Waals surface area contributed by atoms with E-state index in [2.05, 4.69) is 36.5 Å². The highest BCUT2D eigenvalue weighted by atomic mass is 32.2. The fourth-order valence-corrected chi connectivity index (χ4v) is 4.70. The predicted molar refractivity (Wildman–Crippen MR) is 82.3 cm³/mol. The summed E-state index contributed by atoms with van der Waals surface area (Å²) in [5.41, 5.74) is 1.15. The van der Waals surface area contributed by atoms with Crippen molar-refractivity contribution in [2.45, 2.75) is 35.2 Å². The van der Waals surface area contributed by atoms with Crippen molar-refractivity contribution in [1.82, 2.24) is 5.32 Å². The van der Waals surface area contributed by atoms with E-state index < -0.39 is 0 Å². The molecule has 1 aromatic carbocycles. The number of benzene rings is 1. The highest BCUT2D eigenvalue weighted by Gasteiger charge is 2.24. The molecule has 0 saturated carbocycles. The summed E-state index contributed by atoms with van der Waals surface area (Å²) in [7, 11) is 0. The molecule has 1 fully saturated rings. The number of thioether (sulfide) groups is 2. The van der Waals surface area contributed by atoms with E-state index in [-0.39, 0.29) is 0 Å². The van der Waals surface area contributed by atoms with Crippen molar-refractivity contribution in [1.29, 1.82) is 0 Å². The van der Waals surface area contributed by atoms with Crippen molar-refractivity contribution in [2.24, 2.45) is 4.99 Å². The summed E-state index contributed by atoms with van der Waals surface area (Å²) in [5, 5.41) is 5.98. The van der Waals surface area contributed by atoms with E-state index >= 15 is 0 Å². The van der Waals surface area contributed by atoms with Gasteiger partial charge in [0.05, 0.1) is 16.0 Å². The van der Waals surface area contributed by atoms with Gasteiger partial charge in [-0.05, 0) is 45.0 Å². The van der Waals surface area contributed by atoms with Gasteiger partial charge in [0.2, 0.25) is 0 Å². The quantitative estimate of drug-likeness (QED) is 0.847. The summed E-state index contributed by atoms with van der Waals surface area (Å²) in [6, 6.07) is 8.47. The van der Waals surface area contributed by atoms with Crippen molar-refractivity contribution < 1.29 is 0 Å². The minimum absolute atomic E-state index is 0.500. The van der Waals surface area contributed by atoms with Gasteiger partial charge >= 0.3 is 0 Å². The molecule has 2 aliphatic rings. The monoisotopic (exact) mass is 278 g/mol. The Bertz CT molecular complexity index is 453. The molecule has 0 spiro atoms. The zero-order chi connectivity index (χ0) is 12.4. The lowest BCUT2D eigenvalue weighted by Gasteiger charge is -2.26. The van der Waals surface area contributed by atoms with Gasteiger partial charge in [0.15, 0.2) is 0 Å². The molecule has 18 heavy (non-hydrogen) atoms. The lowest BCUT2D eigenvalue weighted by molar-refractivity contribution is 0.533. The van der Waals surface area contributed by atoms with Crippen LogP contribution >= 0.6 is 23.5 Å². The van der Waals surface area contributed by atoms with Crippen molar-refractivity contribution in [3.05, 3.63) is 24.3 Å². The second kappa shape index (κ2) is 5.68. The maximum Gasteiger partial charge on any atom is 0.0872 e. The van der Waals surface area contributed by atoms with Crippen LogP contribution in [0.15, 0.2) is 34.2 Å². The fraction of sp³-hybridized carbons (Fsp3) is 0.500. The normalized spacial score (nSPS) is 24.5. The van der Waals surface area contributed by atoms with Crippen LogP contribution in [0.5, 0.6) is 0 Å². The van der Waals surface area contributed by atoms with E-state index in [4.69, 9.17) is 4.99 Å². The van der Waals surface area contributed by atoms with Gasteiger partial charge in [-0.25, -0.2) is 4.99 Å². The molecule has 0 amide bonds. The van der Waals surface area contributed by atoms with E-state index in [0.29, 0.717) is 5.25 Å². The van der Waals surface area contributed by atoms with Crippen LogP contribution in [0.1, 0.15) is 19.8 Å². The summed E-state index contributed by atoms with van der Waals surface area (Å²) in [6.45, 7) is 4.58. The molecular formula is C14H18N2S2. The standard InChI is InChI=1S/C14H18N2S2/c1-10-14(18-11-6-8-15-9-7-11)16-12-4-2-3-5-13(12)17-10/h2-5,10-11,15H,6-9H2,1H3. The van der Waals surface area contributed by atoms with Gasteiger partial charge in [-0.15, -0.1) is 23.5 Å². The first-order valence-corrected chi connectivity index (χ1v) is 8.30. The van der Waals surface area contributed by atoms with Gasteiger partial charge in [-0.3, -0.25) is 0 Å². The van der Waals surface area contributed by atoms with E-state index in [9.17, 15) is 0 Å². The molecular weight excluding hydrogens is 260 g/mol. The smallest absolute Gasteiger partial charge is 0.0872 e. The van der Waals surface area contributed by atoms with Gasteiger partial charge in [-0.2, -0.15) is 0 Å². The molecule has 2 nitrogen and oxygen atoms in total. The number of aliphatic imine (C=N–C) groups is 1. The first kappa shape index (κ1) is 12.6. The molecule has 1 saturated heterocycles. The topological polar surface area (TPSA) is 24.4 Å². The number of hydrogen-bond acceptors (Lipinski definition) is 4. The summed E-state index contributed by atoms with van der Waals surface area (Å²) >= 11 is 3.94. The largest absolute Gasteiger partial charge is 0.317 e. The van der Waals surface area contributed by atoms with Crippen LogP contribution in [0.25, 0.3) is 0 Å². The van der Waals surface area contributed by atoms with Gasteiger partial charge in [0, 0.05) is 10.1 Å². The summed E-state index contributed by atoms with van der Waals surface area (Å²) in [5.74, 6) is 0. The van der Waals surface area contributed by atoms with Crippen LogP contribution < -0.4 is 5.32 Å². The Balaban J connectivity index is 1.77. The average molecular weight is 278 g/mol. The van der Waals surface area contributed by atoms with Crippen molar-refractivity contribution >= 4 is 34.3 Å². The Labute approximate surface area is 117 Å². The minimum Gasteiger partial charge on any atom is -0.317 e. The molecule has 1 aromatic rings. The molecule has 2 aliphatic heterocycles. The Morgan fingerprint density at radius 1 is 1.28 bits per heavy atom. The lowest BCUT2D eigenvalue weighted by atomic mass is 10.2. The van der Waals surface area contributed by atoms with Gasteiger partial charge < -0.3 is 5.32 Å². The Morgan fingerprint density at radius 2 is 2.06 bits per heavy atom. The SMILES string of the molecule is CC1Sc2ccccc2N=C1SC1CCNCC1. The van der Waals surface area contributed by atoms with Gasteiger partial charge in [0.25, 0.3) is 0 Å². The van der Waals surface area contributed by atoms with Crippen LogP contribution in [0.4, 0.5) is 5.69 Å². The zero-order valence-corrected chi connectivity index (χ0v) is 12.2. The average Bonchev–Trinajstić information content (AvgIpc) is 2.41. The second-order valence-electron chi connectivity index (χ2n) is 4.75. The van der Waals surface area contributed by atoms with E-state index in [1.54, 1.807) is 0 Å². The molecule has 4 heteroatoms. The van der Waals surface area contributed by atoms with E-state index in [0.717, 1.165) is 24.0 Å². The van der Waals surface area contributed by atoms with Crippen LogP contribution in [0, 0.1) is 0 Å². The first-order chi connectivity index (χ1) is 8.83. The van der Waals surface area contributed by atoms with Crippen molar-refractivity contribution in [3.8, 4) is 0 Å². The molecule has 0 bridgehead atoms. The molecule has 3 rings (SSSR count). The third-order valence-electron chi connectivity index (χ3n) is 3.32. The molecule has 1 atom stereocenters. The van der Waals surface area contributed by atoms with Crippen LogP contribution in [0.2, 0.25) is 0 Å². The minimum atomic E-state index is 0.500. The second-order valence-corrected chi connectivity index (χ2v) is 7.45. The highest BCUT2D eigenvalue weighted by Crippen LogP contribution is 2.41. The van der Waals surface area contributed by atoms with Crippen molar-refractivity contribution in [2.75, 3.05) is 13.1 Å². The summed E-state index contributed by atoms with van der Waals surface area (Å²) < 4.78 is 0. The number of piperidine rings is 1. The molecule has 0 aliphatic carbocycles. The maximum absolute atomic E-state index is 4.86. The summed E-state index contributed by atoms with van der Waals surface area (Å²) in [4.78, 5) is 6.18. The highest BCUT2D eigenvalue weighted by molar-refractivity contribution is 8.16. The number of fused-ring (bicyclic) bond motifs is 1. The number of nitrogens with zero attached hydrogens (tertiary/aromatic N) is 1. The predicted octanol–water partition coefficient (Wildman–Crippen LogP) is 3.70. The van der Waals surface area contributed by atoms with Gasteiger partial charge in [0.1, 0.15) is 0 Å². The molecule has 96 valence electrons. The summed E-state index contributed by atoms with van der Waals surface area (Å²) in [6.07, 6.45) is 2.53. The van der Waals surface area contributed by atoms with Crippen molar-refractivity contribution in [3.63, 3.8) is 0 Å². The molecule has 0 radical (unpaired) electrons. The van der Waals surface area contributed by atoms with E-state index in [1.165, 1.54) is 22.8 Å². The van der Waals surface area contributed by atoms with Crippen LogP contribution in [0.3, 0.4) is 0 Å². The number of rotatable bonds is 1. The molecule has 2 heterocycles. The fourth-order valence-electron chi connectivity index (χ4n) is 2.31. The Hall–Kier alpha value is -0.450. The third-order valence-corrected chi connectivity index (χ3v) is 6.14.